The number of aliphatic hydroxyl groups excluding tert-OH is 1. The van der Waals surface area contributed by atoms with E-state index >= 15 is 0 Å². The zero-order valence-corrected chi connectivity index (χ0v) is 36.1. The summed E-state index contributed by atoms with van der Waals surface area (Å²) in [6.45, 7) is 12.0. The van der Waals surface area contributed by atoms with Gasteiger partial charge in [-0.15, -0.1) is 0 Å². The zero-order valence-electron chi connectivity index (χ0n) is 36.1. The molecule has 0 aromatic rings. The van der Waals surface area contributed by atoms with Gasteiger partial charge in [-0.1, -0.05) is 109 Å². The first kappa shape index (κ1) is 53.0. The van der Waals surface area contributed by atoms with E-state index in [1.165, 1.54) is 25.7 Å². The number of hydrogen-bond acceptors (Lipinski definition) is 8. The maximum atomic E-state index is 12.4. The Morgan fingerprint density at radius 3 is 1.62 bits per heavy atom. The van der Waals surface area contributed by atoms with Crippen LogP contribution in [-0.4, -0.2) is 80.9 Å². The summed E-state index contributed by atoms with van der Waals surface area (Å²) >= 11 is 0. The van der Waals surface area contributed by atoms with Crippen LogP contribution in [0.25, 0.3) is 0 Å². The molecule has 0 unspecified atom stereocenters. The van der Waals surface area contributed by atoms with E-state index in [0.717, 1.165) is 142 Å². The van der Waals surface area contributed by atoms with Crippen LogP contribution in [0.2, 0.25) is 0 Å². The van der Waals surface area contributed by atoms with Crippen LogP contribution in [0, 0.1) is 0 Å². The lowest BCUT2D eigenvalue weighted by Crippen LogP contribution is -2.28. The second kappa shape index (κ2) is 44.7. The van der Waals surface area contributed by atoms with Gasteiger partial charge in [-0.05, 0) is 122 Å². The van der Waals surface area contributed by atoms with Crippen LogP contribution in [0.3, 0.4) is 0 Å². The fourth-order valence-corrected chi connectivity index (χ4v) is 6.26. The van der Waals surface area contributed by atoms with E-state index in [0.29, 0.717) is 52.1 Å². The molecule has 0 fully saturated rings. The van der Waals surface area contributed by atoms with Gasteiger partial charge in [0.15, 0.2) is 6.29 Å². The van der Waals surface area contributed by atoms with Gasteiger partial charge in [0.05, 0.1) is 6.61 Å². The molecule has 1 N–H and O–H groups in total. The van der Waals surface area contributed by atoms with Crippen LogP contribution in [-0.2, 0) is 28.5 Å². The highest BCUT2D eigenvalue weighted by molar-refractivity contribution is 5.69. The molecule has 0 bridgehead atoms. The summed E-state index contributed by atoms with van der Waals surface area (Å²) in [7, 11) is 0. The average Bonchev–Trinajstić information content (AvgIpc) is 3.18. The minimum Gasteiger partial charge on any atom is -0.466 e. The number of nitrogens with zero attached hydrogens (tertiary/aromatic N) is 1. The van der Waals surface area contributed by atoms with Gasteiger partial charge in [-0.25, -0.2) is 0 Å². The average molecular weight is 778 g/mol. The monoisotopic (exact) mass is 778 g/mol. The Labute approximate surface area is 339 Å². The van der Waals surface area contributed by atoms with Crippen molar-refractivity contribution in [3.05, 3.63) is 36.5 Å². The minimum atomic E-state index is -0.258. The summed E-state index contributed by atoms with van der Waals surface area (Å²) in [6.07, 6.45) is 40.1. The molecule has 8 heteroatoms. The largest absolute Gasteiger partial charge is 0.466 e. The Bertz CT molecular complexity index is 882. The minimum absolute atomic E-state index is 0.0888. The molecule has 0 spiro atoms. The SMILES string of the molecule is CC/C=C\CCCCOC(CCCC(=O)OCCCCCCN(CCCO)CCCCCCCC(=O)OC/C=C\CCCCCC)OCCCC/C=C\CC. The molecule has 322 valence electrons. The molecule has 0 saturated heterocycles. The third kappa shape index (κ3) is 41.5. The van der Waals surface area contributed by atoms with Crippen LogP contribution in [0.4, 0.5) is 0 Å². The highest BCUT2D eigenvalue weighted by atomic mass is 16.7. The lowest BCUT2D eigenvalue weighted by atomic mass is 10.1. The molecule has 0 aromatic carbocycles. The summed E-state index contributed by atoms with van der Waals surface area (Å²) in [6, 6.07) is 0. The number of aliphatic hydroxyl groups is 1. The summed E-state index contributed by atoms with van der Waals surface area (Å²) in [5.41, 5.74) is 0. The van der Waals surface area contributed by atoms with Gasteiger partial charge < -0.3 is 29.0 Å². The number of esters is 2. The van der Waals surface area contributed by atoms with Crippen LogP contribution in [0.1, 0.15) is 194 Å². The fraction of sp³-hybridized carbons (Fsp3) is 0.830. The van der Waals surface area contributed by atoms with E-state index in [1.807, 2.05) is 6.08 Å². The van der Waals surface area contributed by atoms with Crippen LogP contribution in [0.15, 0.2) is 36.5 Å². The van der Waals surface area contributed by atoms with Crippen molar-refractivity contribution in [2.75, 3.05) is 52.7 Å². The summed E-state index contributed by atoms with van der Waals surface area (Å²) in [5.74, 6) is -0.218. The van der Waals surface area contributed by atoms with Crippen molar-refractivity contribution in [2.45, 2.75) is 200 Å². The third-order valence-corrected chi connectivity index (χ3v) is 9.61. The molecule has 0 aromatic heterocycles. The number of ether oxygens (including phenoxy) is 4. The van der Waals surface area contributed by atoms with Crippen molar-refractivity contribution in [2.24, 2.45) is 0 Å². The summed E-state index contributed by atoms with van der Waals surface area (Å²) in [4.78, 5) is 26.9. The number of allylic oxidation sites excluding steroid dienone is 5. The fourth-order valence-electron chi connectivity index (χ4n) is 6.26. The van der Waals surface area contributed by atoms with E-state index in [9.17, 15) is 14.7 Å². The van der Waals surface area contributed by atoms with Crippen molar-refractivity contribution >= 4 is 11.9 Å². The zero-order chi connectivity index (χ0) is 40.1. The van der Waals surface area contributed by atoms with Crippen LogP contribution < -0.4 is 0 Å². The van der Waals surface area contributed by atoms with E-state index in [4.69, 9.17) is 18.9 Å². The van der Waals surface area contributed by atoms with E-state index in [1.54, 1.807) is 0 Å². The number of carbonyl (C=O) groups is 2. The van der Waals surface area contributed by atoms with Gasteiger partial charge in [0.1, 0.15) is 6.61 Å². The van der Waals surface area contributed by atoms with Gasteiger partial charge in [-0.2, -0.15) is 0 Å². The van der Waals surface area contributed by atoms with Gasteiger partial charge in [0, 0.05) is 39.2 Å². The quantitative estimate of drug-likeness (QED) is 0.0283. The first-order chi connectivity index (χ1) is 27.1. The molecule has 0 radical (unpaired) electrons. The first-order valence-corrected chi connectivity index (χ1v) is 22.9. The second-order valence-electron chi connectivity index (χ2n) is 14.9. The van der Waals surface area contributed by atoms with Crippen LogP contribution >= 0.6 is 0 Å². The molecule has 0 aliphatic rings. The molecular formula is C47H87NO7. The first-order valence-electron chi connectivity index (χ1n) is 22.9. The van der Waals surface area contributed by atoms with Crippen molar-refractivity contribution in [3.8, 4) is 0 Å². The standard InChI is InChI=1S/C47H87NO7/c1-4-7-10-13-16-23-28-41-52-45(50)34-25-18-17-19-26-37-48(39-33-40-49)38-27-20-24-29-42-53-46(51)35-32-36-47(54-43-30-21-14-11-8-5-2)55-44-31-22-15-12-9-6-3/h8-9,11-12,23,28,47,49H,4-7,10,13-22,24-27,29-44H2,1-3H3/b11-8-,12-9-,28-23-. The number of carbonyl (C=O) groups excluding carboxylic acids is 2. The van der Waals surface area contributed by atoms with Crippen molar-refractivity contribution in [3.63, 3.8) is 0 Å². The maximum absolute atomic E-state index is 12.4. The predicted octanol–water partition coefficient (Wildman–Crippen LogP) is 12.0. The van der Waals surface area contributed by atoms with Crippen molar-refractivity contribution in [1.29, 1.82) is 0 Å². The Kier molecular flexibility index (Phi) is 43.1. The lowest BCUT2D eigenvalue weighted by molar-refractivity contribution is -0.152. The molecule has 0 aliphatic carbocycles. The summed E-state index contributed by atoms with van der Waals surface area (Å²) < 4.78 is 23.0. The Morgan fingerprint density at radius 2 is 1.00 bits per heavy atom. The molecule has 0 aliphatic heterocycles. The van der Waals surface area contributed by atoms with E-state index in [-0.39, 0.29) is 24.8 Å². The topological polar surface area (TPSA) is 94.5 Å². The smallest absolute Gasteiger partial charge is 0.306 e. The van der Waals surface area contributed by atoms with Crippen LogP contribution in [0.5, 0.6) is 0 Å². The predicted molar refractivity (Wildman–Crippen MR) is 230 cm³/mol. The van der Waals surface area contributed by atoms with E-state index in [2.05, 4.69) is 56.1 Å². The normalized spacial score (nSPS) is 12.0. The molecule has 0 heterocycles. The van der Waals surface area contributed by atoms with Gasteiger partial charge in [0.25, 0.3) is 0 Å². The van der Waals surface area contributed by atoms with Crippen molar-refractivity contribution in [1.82, 2.24) is 4.90 Å². The number of unbranched alkanes of at least 4 members (excludes halogenated alkanes) is 15. The Hall–Kier alpha value is -2.00. The molecule has 0 rings (SSSR count). The molecule has 0 saturated carbocycles. The molecule has 8 nitrogen and oxygen atoms in total. The Balaban J connectivity index is 4.06. The summed E-state index contributed by atoms with van der Waals surface area (Å²) in [5, 5.41) is 9.37. The maximum Gasteiger partial charge on any atom is 0.306 e. The van der Waals surface area contributed by atoms with E-state index < -0.39 is 0 Å². The highest BCUT2D eigenvalue weighted by Gasteiger charge is 2.12. The number of hydrogen-bond donors (Lipinski definition) is 1. The molecule has 0 amide bonds. The van der Waals surface area contributed by atoms with Gasteiger partial charge >= 0.3 is 11.9 Å². The molecule has 0 atom stereocenters. The van der Waals surface area contributed by atoms with Gasteiger partial charge in [0.2, 0.25) is 0 Å². The lowest BCUT2D eigenvalue weighted by Gasteiger charge is -2.22. The van der Waals surface area contributed by atoms with Crippen molar-refractivity contribution < 1.29 is 33.6 Å². The van der Waals surface area contributed by atoms with Gasteiger partial charge in [-0.3, -0.25) is 9.59 Å². The molecule has 55 heavy (non-hydrogen) atoms. The third-order valence-electron chi connectivity index (χ3n) is 9.61. The molecular weight excluding hydrogens is 691 g/mol. The highest BCUT2D eigenvalue weighted by Crippen LogP contribution is 2.13. The Morgan fingerprint density at radius 1 is 0.509 bits per heavy atom. The number of rotatable bonds is 43. The second-order valence-corrected chi connectivity index (χ2v) is 14.9.